The third-order valence-electron chi connectivity index (χ3n) is 9.76. The smallest absolute Gasteiger partial charge is 0.417 e. The summed E-state index contributed by atoms with van der Waals surface area (Å²) in [5, 5.41) is 14.0. The summed E-state index contributed by atoms with van der Waals surface area (Å²) >= 11 is 0. The maximum Gasteiger partial charge on any atom is 0.417 e. The Morgan fingerprint density at radius 1 is 1.00 bits per heavy atom. The van der Waals surface area contributed by atoms with Gasteiger partial charge in [0.15, 0.2) is 5.78 Å². The molecular formula is C36H40F3N7O2. The van der Waals surface area contributed by atoms with E-state index in [1.807, 2.05) is 25.1 Å². The van der Waals surface area contributed by atoms with E-state index in [0.29, 0.717) is 55.9 Å². The zero-order valence-electron chi connectivity index (χ0n) is 27.3. The second-order valence-corrected chi connectivity index (χ2v) is 12.7. The SMILES string of the molecule is CCOc1cc(-c2ccc(N3CCC(CC(=O)c4ccccc4C(F)(F)F)(CN4CCN(CC)CC4)CC3)nc2)c2c(C#N)cnn2c1. The van der Waals surface area contributed by atoms with Crippen molar-refractivity contribution >= 4 is 17.1 Å². The number of anilines is 1. The van der Waals surface area contributed by atoms with Crippen molar-refractivity contribution < 1.29 is 22.7 Å². The number of benzene rings is 1. The highest BCUT2D eigenvalue weighted by molar-refractivity contribution is 5.98. The summed E-state index contributed by atoms with van der Waals surface area (Å²) in [7, 11) is 0. The van der Waals surface area contributed by atoms with Crippen LogP contribution in [0.1, 0.15) is 54.6 Å². The molecule has 9 nitrogen and oxygen atoms in total. The first kappa shape index (κ1) is 33.4. The molecule has 0 spiro atoms. The van der Waals surface area contributed by atoms with Gasteiger partial charge >= 0.3 is 6.18 Å². The maximum absolute atomic E-state index is 13.9. The Bertz CT molecular complexity index is 1780. The van der Waals surface area contributed by atoms with Gasteiger partial charge in [0.1, 0.15) is 17.6 Å². The second kappa shape index (κ2) is 13.9. The molecule has 5 heterocycles. The lowest BCUT2D eigenvalue weighted by molar-refractivity contribution is -0.137. The van der Waals surface area contributed by atoms with Crippen molar-refractivity contribution in [2.75, 3.05) is 63.9 Å². The molecule has 0 atom stereocenters. The summed E-state index contributed by atoms with van der Waals surface area (Å²) in [4.78, 5) is 25.4. The Balaban J connectivity index is 1.22. The largest absolute Gasteiger partial charge is 0.492 e. The number of likely N-dealkylation sites (N-methyl/N-ethyl adjacent to an activating group) is 1. The van der Waals surface area contributed by atoms with Crippen molar-refractivity contribution in [2.45, 2.75) is 39.3 Å². The average Bonchev–Trinajstić information content (AvgIpc) is 3.52. The first-order valence-electron chi connectivity index (χ1n) is 16.5. The van der Waals surface area contributed by atoms with Gasteiger partial charge in [0.25, 0.3) is 0 Å². The number of nitrogens with zero attached hydrogens (tertiary/aromatic N) is 7. The van der Waals surface area contributed by atoms with Crippen molar-refractivity contribution in [1.29, 1.82) is 5.26 Å². The summed E-state index contributed by atoms with van der Waals surface area (Å²) in [5.41, 5.74) is 1.15. The van der Waals surface area contributed by atoms with Crippen LogP contribution >= 0.6 is 0 Å². The average molecular weight is 660 g/mol. The normalized spacial score (nSPS) is 17.4. The molecule has 252 valence electrons. The third kappa shape index (κ3) is 7.03. The molecule has 0 amide bonds. The number of fused-ring (bicyclic) bond motifs is 1. The van der Waals surface area contributed by atoms with E-state index in [0.717, 1.165) is 55.7 Å². The number of aromatic nitrogens is 3. The molecule has 48 heavy (non-hydrogen) atoms. The minimum atomic E-state index is -4.60. The summed E-state index contributed by atoms with van der Waals surface area (Å²) in [6.07, 6.45) is 1.84. The van der Waals surface area contributed by atoms with Crippen LogP contribution in [0.25, 0.3) is 16.6 Å². The van der Waals surface area contributed by atoms with Crippen LogP contribution in [0.3, 0.4) is 0 Å². The number of rotatable bonds is 10. The summed E-state index contributed by atoms with van der Waals surface area (Å²) in [5.74, 6) is 0.958. The number of carbonyl (C=O) groups is 1. The van der Waals surface area contributed by atoms with Crippen LogP contribution in [0.4, 0.5) is 19.0 Å². The van der Waals surface area contributed by atoms with Crippen LogP contribution in [0.15, 0.2) is 61.1 Å². The monoisotopic (exact) mass is 659 g/mol. The Hall–Kier alpha value is -4.47. The van der Waals surface area contributed by atoms with E-state index < -0.39 is 22.9 Å². The van der Waals surface area contributed by atoms with Crippen LogP contribution in [0.5, 0.6) is 5.75 Å². The van der Waals surface area contributed by atoms with Gasteiger partial charge in [-0.15, -0.1) is 0 Å². The number of pyridine rings is 2. The third-order valence-corrected chi connectivity index (χ3v) is 9.76. The predicted octanol–water partition coefficient (Wildman–Crippen LogP) is 6.18. The standard InChI is InChI=1S/C36H40F3N7O2/c1-3-43-15-17-44(18-16-43)25-35(20-32(47)29-7-5-6-8-31(29)36(37,38)39)11-13-45(14-12-35)33-10-9-26(22-41-33)30-19-28(48-4-2)24-46-34(30)27(21-40)23-42-46/h5-10,19,22-24H,3-4,11-18,20,25H2,1-2H3. The number of Topliss-reactive ketones (excluding diaryl/α,β-unsaturated/α-hetero) is 1. The number of alkyl halides is 3. The number of ketones is 1. The van der Waals surface area contributed by atoms with Crippen molar-refractivity contribution in [3.05, 3.63) is 77.7 Å². The van der Waals surface area contributed by atoms with Crippen LogP contribution < -0.4 is 9.64 Å². The quantitative estimate of drug-likeness (QED) is 0.187. The molecule has 2 saturated heterocycles. The molecule has 2 aliphatic rings. The van der Waals surface area contributed by atoms with E-state index in [1.165, 1.54) is 24.4 Å². The Morgan fingerprint density at radius 2 is 1.73 bits per heavy atom. The minimum absolute atomic E-state index is 0.0625. The minimum Gasteiger partial charge on any atom is -0.492 e. The molecule has 0 unspecified atom stereocenters. The van der Waals surface area contributed by atoms with Gasteiger partial charge in [0.2, 0.25) is 0 Å². The molecule has 0 saturated carbocycles. The van der Waals surface area contributed by atoms with Gasteiger partial charge in [0, 0.05) is 75.1 Å². The molecule has 6 rings (SSSR count). The molecule has 0 aliphatic carbocycles. The maximum atomic E-state index is 13.9. The molecule has 12 heteroatoms. The number of piperidine rings is 1. The second-order valence-electron chi connectivity index (χ2n) is 12.7. The number of piperazine rings is 1. The lowest BCUT2D eigenvalue weighted by Gasteiger charge is -2.46. The fourth-order valence-corrected chi connectivity index (χ4v) is 7.13. The van der Waals surface area contributed by atoms with Crippen LogP contribution in [-0.2, 0) is 6.18 Å². The van der Waals surface area contributed by atoms with Crippen LogP contribution in [0, 0.1) is 16.7 Å². The van der Waals surface area contributed by atoms with E-state index >= 15 is 0 Å². The van der Waals surface area contributed by atoms with E-state index in [4.69, 9.17) is 9.72 Å². The van der Waals surface area contributed by atoms with Crippen molar-refractivity contribution in [1.82, 2.24) is 24.4 Å². The molecule has 2 fully saturated rings. The molecule has 1 aromatic carbocycles. The Kier molecular flexibility index (Phi) is 9.71. The molecule has 0 radical (unpaired) electrons. The van der Waals surface area contributed by atoms with Gasteiger partial charge in [-0.25, -0.2) is 9.50 Å². The zero-order valence-corrected chi connectivity index (χ0v) is 27.3. The van der Waals surface area contributed by atoms with E-state index in [2.05, 4.69) is 32.8 Å². The highest BCUT2D eigenvalue weighted by atomic mass is 19.4. The fraction of sp³-hybridized carbons (Fsp3) is 0.444. The highest BCUT2D eigenvalue weighted by Gasteiger charge is 2.41. The molecule has 3 aromatic heterocycles. The zero-order chi connectivity index (χ0) is 33.9. The Morgan fingerprint density at radius 3 is 2.38 bits per heavy atom. The van der Waals surface area contributed by atoms with Crippen molar-refractivity contribution in [3.63, 3.8) is 0 Å². The first-order valence-corrected chi connectivity index (χ1v) is 16.5. The molecule has 0 bridgehead atoms. The van der Waals surface area contributed by atoms with E-state index in [9.17, 15) is 23.2 Å². The number of halogens is 3. The summed E-state index contributed by atoms with van der Waals surface area (Å²) in [6.45, 7) is 11.1. The number of hydrogen-bond acceptors (Lipinski definition) is 8. The topological polar surface area (TPSA) is 90.0 Å². The molecule has 4 aromatic rings. The van der Waals surface area contributed by atoms with Gasteiger partial charge in [0.05, 0.1) is 35.6 Å². The lowest BCUT2D eigenvalue weighted by atomic mass is 9.72. The lowest BCUT2D eigenvalue weighted by Crippen LogP contribution is -2.52. The van der Waals surface area contributed by atoms with Gasteiger partial charge in [-0.1, -0.05) is 25.1 Å². The van der Waals surface area contributed by atoms with Gasteiger partial charge < -0.3 is 19.4 Å². The number of nitriles is 1. The number of ether oxygens (including phenoxy) is 1. The molecular weight excluding hydrogens is 619 g/mol. The van der Waals surface area contributed by atoms with E-state index in [-0.39, 0.29) is 12.0 Å². The van der Waals surface area contributed by atoms with Crippen molar-refractivity contribution in [3.8, 4) is 22.9 Å². The summed E-state index contributed by atoms with van der Waals surface area (Å²) < 4.78 is 48.9. The van der Waals surface area contributed by atoms with Crippen LogP contribution in [-0.4, -0.2) is 89.1 Å². The predicted molar refractivity (Wildman–Crippen MR) is 177 cm³/mol. The highest BCUT2D eigenvalue weighted by Crippen LogP contribution is 2.41. The van der Waals surface area contributed by atoms with Gasteiger partial charge in [-0.2, -0.15) is 23.5 Å². The van der Waals surface area contributed by atoms with E-state index in [1.54, 1.807) is 16.9 Å². The molecule has 0 N–H and O–H groups in total. The summed E-state index contributed by atoms with van der Waals surface area (Å²) in [6, 6.07) is 13.1. The number of hydrogen-bond donors (Lipinski definition) is 0. The Labute approximate surface area is 278 Å². The molecule has 2 aliphatic heterocycles. The first-order chi connectivity index (χ1) is 23.1. The number of carbonyl (C=O) groups excluding carboxylic acids is 1. The van der Waals surface area contributed by atoms with Gasteiger partial charge in [-0.05, 0) is 56.0 Å². The fourth-order valence-electron chi connectivity index (χ4n) is 7.13. The van der Waals surface area contributed by atoms with Crippen molar-refractivity contribution in [2.24, 2.45) is 5.41 Å². The van der Waals surface area contributed by atoms with Crippen LogP contribution in [0.2, 0.25) is 0 Å². The van der Waals surface area contributed by atoms with Gasteiger partial charge in [-0.3, -0.25) is 4.79 Å².